The van der Waals surface area contributed by atoms with E-state index in [-0.39, 0.29) is 18.0 Å². The van der Waals surface area contributed by atoms with Crippen molar-refractivity contribution in [2.24, 2.45) is 0 Å². The number of fused-ring (bicyclic) bond motifs is 1. The number of rotatable bonds is 8. The molecule has 0 bridgehead atoms. The highest BCUT2D eigenvalue weighted by molar-refractivity contribution is 5.92. The van der Waals surface area contributed by atoms with Gasteiger partial charge in [0.1, 0.15) is 35.4 Å². The molecule has 4 aromatic rings. The van der Waals surface area contributed by atoms with Gasteiger partial charge in [-0.05, 0) is 86.9 Å². The molecule has 0 fully saturated rings. The Morgan fingerprint density at radius 2 is 1.64 bits per heavy atom. The molecule has 0 saturated heterocycles. The predicted octanol–water partition coefficient (Wildman–Crippen LogP) is 8.22. The second kappa shape index (κ2) is 11.6. The van der Waals surface area contributed by atoms with Crippen LogP contribution in [0.2, 0.25) is 0 Å². The second-order valence-corrected chi connectivity index (χ2v) is 10.9. The number of nitrogens with one attached hydrogen (secondary N) is 1. The largest absolute Gasteiger partial charge is 0.497 e. The number of aryl methyl sites for hydroxylation is 1. The van der Waals surface area contributed by atoms with Crippen LogP contribution in [0.5, 0.6) is 23.0 Å². The van der Waals surface area contributed by atoms with Gasteiger partial charge in [0.15, 0.2) is 0 Å². The number of hydrogen-bond donors (Lipinski definition) is 1. The summed E-state index contributed by atoms with van der Waals surface area (Å²) in [6, 6.07) is 20.7. The lowest BCUT2D eigenvalue weighted by Crippen LogP contribution is -2.32. The SMILES string of the molecule is COc1cccc(C(=O)Oc2ccc(-c3ccc4c(c3COc3cc(F)ccc3C)C(C)=CC(C)(C)N4)c(OC)c2)c1. The molecule has 1 aliphatic heterocycles. The summed E-state index contributed by atoms with van der Waals surface area (Å²) in [5.41, 5.74) is 6.72. The minimum atomic E-state index is -0.508. The Bertz CT molecular complexity index is 1690. The van der Waals surface area contributed by atoms with Gasteiger partial charge < -0.3 is 24.3 Å². The Balaban J connectivity index is 1.54. The maximum Gasteiger partial charge on any atom is 0.343 e. The molecule has 4 aromatic carbocycles. The van der Waals surface area contributed by atoms with Crippen molar-refractivity contribution < 1.29 is 28.1 Å². The smallest absolute Gasteiger partial charge is 0.343 e. The molecule has 6 nitrogen and oxygen atoms in total. The Morgan fingerprint density at radius 1 is 0.857 bits per heavy atom. The van der Waals surface area contributed by atoms with E-state index in [4.69, 9.17) is 18.9 Å². The normalized spacial score (nSPS) is 13.4. The second-order valence-electron chi connectivity index (χ2n) is 10.9. The van der Waals surface area contributed by atoms with Crippen LogP contribution in [0, 0.1) is 12.7 Å². The zero-order valence-electron chi connectivity index (χ0n) is 24.6. The van der Waals surface area contributed by atoms with Gasteiger partial charge >= 0.3 is 5.97 Å². The first-order valence-electron chi connectivity index (χ1n) is 13.7. The predicted molar refractivity (Wildman–Crippen MR) is 163 cm³/mol. The Labute approximate surface area is 245 Å². The van der Waals surface area contributed by atoms with Crippen molar-refractivity contribution in [3.63, 3.8) is 0 Å². The number of benzene rings is 4. The molecule has 0 amide bonds. The first-order valence-corrected chi connectivity index (χ1v) is 13.7. The summed E-state index contributed by atoms with van der Waals surface area (Å²) >= 11 is 0. The zero-order valence-corrected chi connectivity index (χ0v) is 24.6. The summed E-state index contributed by atoms with van der Waals surface area (Å²) in [6.07, 6.45) is 2.19. The molecule has 1 N–H and O–H groups in total. The number of carbonyl (C=O) groups is 1. The number of methoxy groups -OCH3 is 2. The quantitative estimate of drug-likeness (QED) is 0.171. The van der Waals surface area contributed by atoms with E-state index in [0.29, 0.717) is 28.6 Å². The van der Waals surface area contributed by atoms with Crippen molar-refractivity contribution in [1.29, 1.82) is 0 Å². The van der Waals surface area contributed by atoms with Crippen molar-refractivity contribution in [3.05, 3.63) is 107 Å². The van der Waals surface area contributed by atoms with Gasteiger partial charge in [0.2, 0.25) is 0 Å². The fraction of sp³-hybridized carbons (Fsp3) is 0.229. The number of anilines is 1. The highest BCUT2D eigenvalue weighted by Gasteiger charge is 2.27. The number of ether oxygens (including phenoxy) is 4. The van der Waals surface area contributed by atoms with E-state index in [1.165, 1.54) is 12.1 Å². The standard InChI is InChI=1S/C35H34FNO5/c1-21-10-11-24(36)17-31(21)41-20-29-27(14-15-30-33(29)22(2)19-35(3,4)37-30)28-13-12-26(18-32(28)40-6)42-34(38)23-8-7-9-25(16-23)39-5/h7-19,37H,20H2,1-6H3. The van der Waals surface area contributed by atoms with Gasteiger partial charge in [0, 0.05) is 34.5 Å². The molecule has 1 aliphatic rings. The van der Waals surface area contributed by atoms with E-state index in [1.54, 1.807) is 56.7 Å². The van der Waals surface area contributed by atoms with Gasteiger partial charge in [-0.15, -0.1) is 0 Å². The molecule has 42 heavy (non-hydrogen) atoms. The van der Waals surface area contributed by atoms with E-state index < -0.39 is 5.97 Å². The average Bonchev–Trinajstić information content (AvgIpc) is 2.96. The molecule has 5 rings (SSSR count). The summed E-state index contributed by atoms with van der Waals surface area (Å²) in [5.74, 6) is 1.05. The molecule has 0 spiro atoms. The van der Waals surface area contributed by atoms with Crippen LogP contribution < -0.4 is 24.3 Å². The maximum absolute atomic E-state index is 14.1. The molecular weight excluding hydrogens is 533 g/mol. The maximum atomic E-state index is 14.1. The Kier molecular flexibility index (Phi) is 7.94. The van der Waals surface area contributed by atoms with E-state index >= 15 is 0 Å². The number of allylic oxidation sites excluding steroid dienone is 1. The molecule has 216 valence electrons. The number of hydrogen-bond acceptors (Lipinski definition) is 6. The van der Waals surface area contributed by atoms with Crippen LogP contribution >= 0.6 is 0 Å². The summed E-state index contributed by atoms with van der Waals surface area (Å²) in [6.45, 7) is 8.41. The van der Waals surface area contributed by atoms with Gasteiger partial charge in [0.25, 0.3) is 0 Å². The van der Waals surface area contributed by atoms with Crippen LogP contribution in [0.1, 0.15) is 47.8 Å². The lowest BCUT2D eigenvalue weighted by Gasteiger charge is -2.33. The van der Waals surface area contributed by atoms with E-state index in [2.05, 4.69) is 38.2 Å². The highest BCUT2D eigenvalue weighted by atomic mass is 19.1. The monoisotopic (exact) mass is 567 g/mol. The van der Waals surface area contributed by atoms with Crippen LogP contribution in [-0.2, 0) is 6.61 Å². The molecule has 0 unspecified atom stereocenters. The fourth-order valence-corrected chi connectivity index (χ4v) is 5.35. The third-order valence-corrected chi connectivity index (χ3v) is 7.24. The van der Waals surface area contributed by atoms with Crippen molar-refractivity contribution in [3.8, 4) is 34.1 Å². The molecule has 0 radical (unpaired) electrons. The lowest BCUT2D eigenvalue weighted by atomic mass is 9.85. The summed E-state index contributed by atoms with van der Waals surface area (Å²) in [4.78, 5) is 12.8. The lowest BCUT2D eigenvalue weighted by molar-refractivity contribution is 0.0734. The summed E-state index contributed by atoms with van der Waals surface area (Å²) in [7, 11) is 3.12. The van der Waals surface area contributed by atoms with Crippen molar-refractivity contribution >= 4 is 17.2 Å². The minimum Gasteiger partial charge on any atom is -0.497 e. The van der Waals surface area contributed by atoms with Crippen LogP contribution in [0.4, 0.5) is 10.1 Å². The van der Waals surface area contributed by atoms with Gasteiger partial charge in [-0.1, -0.05) is 24.3 Å². The van der Waals surface area contributed by atoms with Crippen molar-refractivity contribution in [2.45, 2.75) is 39.8 Å². The summed E-state index contributed by atoms with van der Waals surface area (Å²) < 4.78 is 37.0. The van der Waals surface area contributed by atoms with Gasteiger partial charge in [-0.2, -0.15) is 0 Å². The highest BCUT2D eigenvalue weighted by Crippen LogP contribution is 2.43. The number of halogens is 1. The molecule has 7 heteroatoms. The van der Waals surface area contributed by atoms with Gasteiger partial charge in [0.05, 0.1) is 25.3 Å². The first-order chi connectivity index (χ1) is 20.1. The first kappa shape index (κ1) is 28.7. The number of esters is 1. The van der Waals surface area contributed by atoms with E-state index in [9.17, 15) is 9.18 Å². The molecule has 1 heterocycles. The van der Waals surface area contributed by atoms with Crippen molar-refractivity contribution in [1.82, 2.24) is 0 Å². The molecule has 0 aromatic heterocycles. The Morgan fingerprint density at radius 3 is 2.40 bits per heavy atom. The third-order valence-electron chi connectivity index (χ3n) is 7.24. The Hall–Kier alpha value is -4.78. The molecule has 0 aliphatic carbocycles. The minimum absolute atomic E-state index is 0.200. The number of carbonyl (C=O) groups excluding carboxylic acids is 1. The molecule has 0 atom stereocenters. The van der Waals surface area contributed by atoms with E-state index in [0.717, 1.165) is 39.1 Å². The fourth-order valence-electron chi connectivity index (χ4n) is 5.35. The third kappa shape index (κ3) is 5.96. The zero-order chi connectivity index (χ0) is 30.0. The molecular formula is C35H34FNO5. The average molecular weight is 568 g/mol. The van der Waals surface area contributed by atoms with Crippen LogP contribution in [0.25, 0.3) is 16.7 Å². The van der Waals surface area contributed by atoms with Crippen molar-refractivity contribution in [2.75, 3.05) is 19.5 Å². The van der Waals surface area contributed by atoms with Crippen LogP contribution in [-0.4, -0.2) is 25.7 Å². The van der Waals surface area contributed by atoms with Crippen LogP contribution in [0.15, 0.2) is 78.9 Å². The van der Waals surface area contributed by atoms with Gasteiger partial charge in [-0.3, -0.25) is 0 Å². The summed E-state index contributed by atoms with van der Waals surface area (Å²) in [5, 5.41) is 3.60. The van der Waals surface area contributed by atoms with Gasteiger partial charge in [-0.25, -0.2) is 9.18 Å². The topological polar surface area (TPSA) is 66.0 Å². The van der Waals surface area contributed by atoms with E-state index in [1.807, 2.05) is 19.1 Å². The molecule has 0 saturated carbocycles. The van der Waals surface area contributed by atoms with Crippen LogP contribution in [0.3, 0.4) is 0 Å².